The van der Waals surface area contributed by atoms with Crippen LogP contribution in [-0.2, 0) is 38.0 Å². The number of nitrogens with one attached hydrogen (secondary N) is 1. The van der Waals surface area contributed by atoms with Gasteiger partial charge in [-0.2, -0.15) is 0 Å². The van der Waals surface area contributed by atoms with Crippen LogP contribution < -0.4 is 5.32 Å². The van der Waals surface area contributed by atoms with Crippen LogP contribution in [0.15, 0.2) is 0 Å². The lowest BCUT2D eigenvalue weighted by Gasteiger charge is -2.48. The van der Waals surface area contributed by atoms with E-state index in [4.69, 9.17) is 28.4 Å². The zero-order valence-electron chi connectivity index (χ0n) is 32.9. The Morgan fingerprint density at radius 1 is 1.02 bits per heavy atom. The molecule has 0 radical (unpaired) electrons. The first-order valence-corrected chi connectivity index (χ1v) is 18.4. The number of aliphatic hydroxyl groups excluding tert-OH is 1. The fourth-order valence-electron chi connectivity index (χ4n) is 7.94. The summed E-state index contributed by atoms with van der Waals surface area (Å²) in [7, 11) is 6.69. The van der Waals surface area contributed by atoms with Gasteiger partial charge in [-0.15, -0.1) is 0 Å². The number of alkyl carbamates (subject to hydrolysis) is 1. The Labute approximate surface area is 300 Å². The minimum atomic E-state index is -1.74. The van der Waals surface area contributed by atoms with Crippen molar-refractivity contribution in [1.29, 1.82) is 0 Å². The van der Waals surface area contributed by atoms with Gasteiger partial charge in [0, 0.05) is 44.6 Å². The van der Waals surface area contributed by atoms with Crippen LogP contribution in [0.5, 0.6) is 0 Å². The van der Waals surface area contributed by atoms with Crippen molar-refractivity contribution in [2.24, 2.45) is 23.7 Å². The number of carbonyl (C=O) groups excluding carboxylic acids is 3. The van der Waals surface area contributed by atoms with Gasteiger partial charge in [-0.25, -0.2) is 4.79 Å². The lowest BCUT2D eigenvalue weighted by molar-refractivity contribution is -0.301. The number of Topliss-reactive ketones (excluding diaryl/α,β-unsaturated/α-hetero) is 1. The summed E-state index contributed by atoms with van der Waals surface area (Å²) in [5.41, 5.74) is -2.96. The smallest absolute Gasteiger partial charge is 0.407 e. The van der Waals surface area contributed by atoms with E-state index in [1.807, 2.05) is 25.9 Å². The molecule has 0 spiro atoms. The highest BCUT2D eigenvalue weighted by molar-refractivity contribution is 5.83. The van der Waals surface area contributed by atoms with Crippen LogP contribution in [0.1, 0.15) is 101 Å². The van der Waals surface area contributed by atoms with Gasteiger partial charge in [0.2, 0.25) is 0 Å². The summed E-state index contributed by atoms with van der Waals surface area (Å²) in [4.78, 5) is 43.3. The molecule has 292 valence electrons. The Morgan fingerprint density at radius 3 is 2.20 bits per heavy atom. The van der Waals surface area contributed by atoms with Gasteiger partial charge in [-0.1, -0.05) is 47.5 Å². The number of likely N-dealkylation sites (N-methyl/N-ethyl adjacent to an activating group) is 1. The standard InChI is InChI=1S/C37H68N2O11/c1-14-16-17-18-38-35(43)49-30-24(6)31(50-34-29(41)26(39(10)11)19-22(4)47-34)36(8,46-13)20-21(3)28(40)23(5)32(45-12)37(9,44)27(15-2)48-33(42)25(30)7/h21-27,29-32,34,41,44H,14-20H2,1-13H3,(H,38,43)/t21-,22-,23+,24+,25-,26+,27-,29-,30+,31-,32-,34+,36-,37-/m1/s1. The first-order valence-electron chi connectivity index (χ1n) is 18.4. The number of ketones is 1. The molecule has 14 atom stereocenters. The van der Waals surface area contributed by atoms with Gasteiger partial charge < -0.3 is 48.9 Å². The van der Waals surface area contributed by atoms with Crippen molar-refractivity contribution in [1.82, 2.24) is 10.2 Å². The summed E-state index contributed by atoms with van der Waals surface area (Å²) in [5.74, 6) is -4.09. The Kier molecular flexibility index (Phi) is 17.1. The normalized spacial score (nSPS) is 41.0. The Morgan fingerprint density at radius 2 is 1.66 bits per heavy atom. The lowest BCUT2D eigenvalue weighted by atomic mass is 9.73. The van der Waals surface area contributed by atoms with Gasteiger partial charge in [0.1, 0.15) is 29.7 Å². The molecule has 0 aromatic rings. The van der Waals surface area contributed by atoms with Gasteiger partial charge >= 0.3 is 12.1 Å². The third-order valence-electron chi connectivity index (χ3n) is 11.0. The molecule has 3 N–H and O–H groups in total. The number of amides is 1. The van der Waals surface area contributed by atoms with E-state index in [9.17, 15) is 24.6 Å². The van der Waals surface area contributed by atoms with E-state index in [1.54, 1.807) is 41.5 Å². The van der Waals surface area contributed by atoms with E-state index in [0.717, 1.165) is 19.3 Å². The number of carbonyl (C=O) groups is 3. The van der Waals surface area contributed by atoms with Crippen molar-refractivity contribution in [3.8, 4) is 0 Å². The van der Waals surface area contributed by atoms with Crippen molar-refractivity contribution in [3.05, 3.63) is 0 Å². The minimum absolute atomic E-state index is 0.154. The number of hydrogen-bond donors (Lipinski definition) is 3. The highest BCUT2D eigenvalue weighted by Crippen LogP contribution is 2.40. The zero-order chi connectivity index (χ0) is 38.1. The Balaban J connectivity index is 2.76. The summed E-state index contributed by atoms with van der Waals surface area (Å²) >= 11 is 0. The van der Waals surface area contributed by atoms with Crippen LogP contribution in [0.3, 0.4) is 0 Å². The summed E-state index contributed by atoms with van der Waals surface area (Å²) in [6.07, 6.45) is -3.60. The van der Waals surface area contributed by atoms with Gasteiger partial charge in [0.05, 0.1) is 29.8 Å². The number of unbranched alkanes of at least 4 members (excludes halogenated alkanes) is 2. The molecule has 2 heterocycles. The van der Waals surface area contributed by atoms with Gasteiger partial charge in [0.15, 0.2) is 6.29 Å². The monoisotopic (exact) mass is 716 g/mol. The van der Waals surface area contributed by atoms with Gasteiger partial charge in [-0.3, -0.25) is 9.59 Å². The number of rotatable bonds is 11. The van der Waals surface area contributed by atoms with Crippen molar-refractivity contribution in [2.45, 2.75) is 161 Å². The summed E-state index contributed by atoms with van der Waals surface area (Å²) < 4.78 is 36.9. The number of aliphatic hydroxyl groups is 2. The number of nitrogens with zero attached hydrogens (tertiary/aromatic N) is 1. The largest absolute Gasteiger partial charge is 0.459 e. The average Bonchev–Trinajstić information content (AvgIpc) is 3.06. The first kappa shape index (κ1) is 44.3. The number of esters is 1. The average molecular weight is 717 g/mol. The predicted molar refractivity (Wildman–Crippen MR) is 188 cm³/mol. The van der Waals surface area contributed by atoms with E-state index >= 15 is 0 Å². The van der Waals surface area contributed by atoms with Crippen molar-refractivity contribution in [3.63, 3.8) is 0 Å². The van der Waals surface area contributed by atoms with E-state index in [0.29, 0.717) is 13.0 Å². The van der Waals surface area contributed by atoms with Crippen molar-refractivity contribution >= 4 is 17.8 Å². The maximum absolute atomic E-state index is 14.1. The van der Waals surface area contributed by atoms with E-state index in [-0.39, 0.29) is 30.8 Å². The molecule has 1 amide bonds. The second kappa shape index (κ2) is 19.3. The highest BCUT2D eigenvalue weighted by atomic mass is 16.7. The molecule has 0 aromatic heterocycles. The van der Waals surface area contributed by atoms with Crippen LogP contribution >= 0.6 is 0 Å². The van der Waals surface area contributed by atoms with E-state index < -0.39 is 83.7 Å². The van der Waals surface area contributed by atoms with Crippen LogP contribution in [-0.4, -0.2) is 128 Å². The fraction of sp³-hybridized carbons (Fsp3) is 0.919. The van der Waals surface area contributed by atoms with E-state index in [2.05, 4.69) is 12.2 Å². The molecule has 0 unspecified atom stereocenters. The van der Waals surface area contributed by atoms with Crippen molar-refractivity contribution < 1.29 is 53.0 Å². The molecule has 2 rings (SSSR count). The molecular weight excluding hydrogens is 648 g/mol. The van der Waals surface area contributed by atoms with Crippen LogP contribution in [0.25, 0.3) is 0 Å². The summed E-state index contributed by atoms with van der Waals surface area (Å²) in [5, 5.41) is 26.1. The third-order valence-corrected chi connectivity index (χ3v) is 11.0. The van der Waals surface area contributed by atoms with Crippen LogP contribution in [0.2, 0.25) is 0 Å². The molecule has 2 aliphatic heterocycles. The third kappa shape index (κ3) is 10.6. The maximum atomic E-state index is 14.1. The van der Waals surface area contributed by atoms with Gasteiger partial charge in [0.25, 0.3) is 0 Å². The maximum Gasteiger partial charge on any atom is 0.407 e. The highest BCUT2D eigenvalue weighted by Gasteiger charge is 2.53. The van der Waals surface area contributed by atoms with Gasteiger partial charge in [-0.05, 0) is 67.5 Å². The fourth-order valence-corrected chi connectivity index (χ4v) is 7.94. The molecular formula is C37H68N2O11. The molecule has 50 heavy (non-hydrogen) atoms. The molecule has 2 aliphatic rings. The van der Waals surface area contributed by atoms with Crippen molar-refractivity contribution in [2.75, 3.05) is 34.9 Å². The molecule has 0 aliphatic carbocycles. The molecule has 0 aromatic carbocycles. The zero-order valence-corrected chi connectivity index (χ0v) is 32.9. The number of ether oxygens (including phenoxy) is 6. The van der Waals surface area contributed by atoms with Crippen LogP contribution in [0, 0.1) is 23.7 Å². The molecule has 13 heteroatoms. The predicted octanol–water partition coefficient (Wildman–Crippen LogP) is 4.09. The number of methoxy groups -OCH3 is 2. The second-order valence-corrected chi connectivity index (χ2v) is 15.3. The SMILES string of the molecule is CCCCCNC(=O)O[C@H]1[C@H](C)[C@@H](O[C@@H]2O[C@H](C)C[C@H](N(C)C)[C@H]2O)[C@](C)(OC)C[C@@H](C)C(=O)[C@H](C)[C@@H](OC)[C@](C)(O)[C@@H](CC)OC(=O)[C@@H]1C. The number of cyclic esters (lactones) is 1. The van der Waals surface area contributed by atoms with Crippen LogP contribution in [0.4, 0.5) is 4.79 Å². The quantitative estimate of drug-likeness (QED) is 0.208. The molecule has 13 nitrogen and oxygen atoms in total. The molecule has 2 fully saturated rings. The molecule has 2 saturated heterocycles. The first-order chi connectivity index (χ1) is 23.3. The van der Waals surface area contributed by atoms with E-state index in [1.165, 1.54) is 21.1 Å². The number of hydrogen-bond acceptors (Lipinski definition) is 12. The summed E-state index contributed by atoms with van der Waals surface area (Å²) in [6.45, 7) is 16.3. The lowest BCUT2D eigenvalue weighted by Crippen LogP contribution is -2.61. The Bertz CT molecular complexity index is 1090. The molecule has 0 saturated carbocycles. The minimum Gasteiger partial charge on any atom is -0.459 e. The summed E-state index contributed by atoms with van der Waals surface area (Å²) in [6, 6.07) is -0.271. The second-order valence-electron chi connectivity index (χ2n) is 15.3. The molecule has 0 bridgehead atoms. The Hall–Kier alpha value is -1.87. The topological polar surface area (TPSA) is 162 Å².